The maximum Gasteiger partial charge on any atom is 0.236 e. The summed E-state index contributed by atoms with van der Waals surface area (Å²) in [4.78, 5) is 17.8. The summed E-state index contributed by atoms with van der Waals surface area (Å²) < 4.78 is 2.33. The van der Waals surface area contributed by atoms with Crippen LogP contribution in [0.1, 0.15) is 41.3 Å². The summed E-state index contributed by atoms with van der Waals surface area (Å²) in [7, 11) is 0. The summed E-state index contributed by atoms with van der Waals surface area (Å²) in [5, 5.41) is 0. The third-order valence-electron chi connectivity index (χ3n) is 7.20. The number of aromatic nitrogens is 1. The van der Waals surface area contributed by atoms with Crippen molar-refractivity contribution < 1.29 is 4.79 Å². The number of amides is 1. The number of carbonyl (C=O) groups excluding carboxylic acids is 1. The Bertz CT molecular complexity index is 1030. The Hall–Kier alpha value is -2.85. The van der Waals surface area contributed by atoms with E-state index >= 15 is 0 Å². The highest BCUT2D eigenvalue weighted by Crippen LogP contribution is 2.32. The van der Waals surface area contributed by atoms with Gasteiger partial charge in [-0.2, -0.15) is 0 Å². The quantitative estimate of drug-likeness (QED) is 0.591. The highest BCUT2D eigenvalue weighted by molar-refractivity contribution is 5.78. The van der Waals surface area contributed by atoms with E-state index in [-0.39, 0.29) is 11.9 Å². The second-order valence-corrected chi connectivity index (χ2v) is 9.42. The summed E-state index contributed by atoms with van der Waals surface area (Å²) in [5.41, 5.74) is 5.23. The first-order valence-electron chi connectivity index (χ1n) is 11.9. The minimum atomic E-state index is 0.138. The number of hydrogen-bond donors (Lipinski definition) is 0. The fourth-order valence-electron chi connectivity index (χ4n) is 5.34. The number of likely N-dealkylation sites (tertiary alicyclic amines) is 1. The molecule has 2 aromatic carbocycles. The van der Waals surface area contributed by atoms with Crippen LogP contribution in [0.15, 0.2) is 72.9 Å². The molecule has 1 aromatic heterocycles. The Balaban J connectivity index is 1.24. The van der Waals surface area contributed by atoms with Crippen molar-refractivity contribution in [3.05, 3.63) is 95.3 Å². The van der Waals surface area contributed by atoms with Crippen LogP contribution in [0.3, 0.4) is 0 Å². The topological polar surface area (TPSA) is 28.5 Å². The largest absolute Gasteiger partial charge is 0.348 e. The number of aryl methyl sites for hydroxylation is 1. The van der Waals surface area contributed by atoms with Crippen molar-refractivity contribution in [3.63, 3.8) is 0 Å². The lowest BCUT2D eigenvalue weighted by Crippen LogP contribution is -2.47. The van der Waals surface area contributed by atoms with E-state index in [4.69, 9.17) is 0 Å². The Labute approximate surface area is 191 Å². The lowest BCUT2D eigenvalue weighted by atomic mass is 9.90. The van der Waals surface area contributed by atoms with Crippen LogP contribution in [0, 0.1) is 12.8 Å². The fourth-order valence-corrected chi connectivity index (χ4v) is 5.34. The maximum absolute atomic E-state index is 13.3. The van der Waals surface area contributed by atoms with Crippen LogP contribution in [-0.4, -0.2) is 46.5 Å². The minimum Gasteiger partial charge on any atom is -0.348 e. The molecule has 1 atom stereocenters. The first-order valence-corrected chi connectivity index (χ1v) is 11.9. The summed E-state index contributed by atoms with van der Waals surface area (Å²) >= 11 is 0. The van der Waals surface area contributed by atoms with Crippen molar-refractivity contribution in [1.82, 2.24) is 14.4 Å². The maximum atomic E-state index is 13.3. The van der Waals surface area contributed by atoms with E-state index in [1.165, 1.54) is 22.4 Å². The third kappa shape index (κ3) is 4.51. The molecule has 5 rings (SSSR count). The molecule has 0 aliphatic carbocycles. The number of benzene rings is 2. The highest BCUT2D eigenvalue weighted by atomic mass is 16.2. The van der Waals surface area contributed by atoms with E-state index in [1.54, 1.807) is 0 Å². The van der Waals surface area contributed by atoms with Gasteiger partial charge in [0.15, 0.2) is 0 Å². The van der Waals surface area contributed by atoms with Gasteiger partial charge in [0, 0.05) is 38.1 Å². The van der Waals surface area contributed by atoms with Crippen LogP contribution in [0.2, 0.25) is 0 Å². The molecule has 0 N–H and O–H groups in total. The average Bonchev–Trinajstić information content (AvgIpc) is 3.30. The van der Waals surface area contributed by atoms with E-state index in [9.17, 15) is 4.79 Å². The van der Waals surface area contributed by atoms with E-state index in [1.807, 2.05) is 0 Å². The molecule has 3 heterocycles. The van der Waals surface area contributed by atoms with E-state index < -0.39 is 0 Å². The summed E-state index contributed by atoms with van der Waals surface area (Å²) in [6.45, 7) is 6.22. The zero-order valence-electron chi connectivity index (χ0n) is 19.0. The van der Waals surface area contributed by atoms with Crippen molar-refractivity contribution >= 4 is 5.91 Å². The number of piperidine rings is 1. The van der Waals surface area contributed by atoms with Gasteiger partial charge in [-0.15, -0.1) is 0 Å². The smallest absolute Gasteiger partial charge is 0.236 e. The van der Waals surface area contributed by atoms with Crippen LogP contribution >= 0.6 is 0 Å². The number of hydrogen-bond acceptors (Lipinski definition) is 2. The molecule has 2 aliphatic rings. The second kappa shape index (κ2) is 9.33. The summed E-state index contributed by atoms with van der Waals surface area (Å²) in [6, 6.07) is 24.0. The fraction of sp³-hybridized carbons (Fsp3) is 0.393. The Morgan fingerprint density at radius 3 is 2.38 bits per heavy atom. The molecule has 32 heavy (non-hydrogen) atoms. The normalized spacial score (nSPS) is 19.7. The Kier molecular flexibility index (Phi) is 6.13. The van der Waals surface area contributed by atoms with Gasteiger partial charge in [0.25, 0.3) is 0 Å². The van der Waals surface area contributed by atoms with Crippen molar-refractivity contribution in [1.29, 1.82) is 0 Å². The molecule has 1 amide bonds. The van der Waals surface area contributed by atoms with Gasteiger partial charge < -0.3 is 9.47 Å². The minimum absolute atomic E-state index is 0.138. The molecule has 166 valence electrons. The monoisotopic (exact) mass is 427 g/mol. The number of fused-ring (bicyclic) bond motifs is 1. The molecule has 4 heteroatoms. The average molecular weight is 428 g/mol. The number of rotatable bonds is 5. The molecule has 0 radical (unpaired) electrons. The molecule has 0 saturated carbocycles. The summed E-state index contributed by atoms with van der Waals surface area (Å²) in [5.74, 6) is 0.959. The Morgan fingerprint density at radius 2 is 1.62 bits per heavy atom. The summed E-state index contributed by atoms with van der Waals surface area (Å²) in [6.07, 6.45) is 5.49. The van der Waals surface area contributed by atoms with Gasteiger partial charge in [-0.05, 0) is 55.4 Å². The van der Waals surface area contributed by atoms with Crippen LogP contribution in [0.4, 0.5) is 0 Å². The predicted molar refractivity (Wildman–Crippen MR) is 128 cm³/mol. The van der Waals surface area contributed by atoms with Gasteiger partial charge >= 0.3 is 0 Å². The van der Waals surface area contributed by atoms with Gasteiger partial charge in [0.1, 0.15) is 0 Å². The van der Waals surface area contributed by atoms with Crippen molar-refractivity contribution in [2.75, 3.05) is 26.2 Å². The molecule has 4 nitrogen and oxygen atoms in total. The lowest BCUT2D eigenvalue weighted by molar-refractivity contribution is -0.134. The van der Waals surface area contributed by atoms with E-state index in [0.717, 1.165) is 45.4 Å². The predicted octanol–water partition coefficient (Wildman–Crippen LogP) is 4.68. The van der Waals surface area contributed by atoms with Gasteiger partial charge in [-0.1, -0.05) is 60.2 Å². The number of nitrogens with zero attached hydrogens (tertiary/aromatic N) is 3. The molecule has 1 unspecified atom stereocenters. The molecule has 0 spiro atoms. The Morgan fingerprint density at radius 1 is 0.875 bits per heavy atom. The SMILES string of the molecule is Cc1ccc(C2c3cccn3CCN2CC(=O)N2CCC(Cc3ccccc3)CC2)cc1. The molecule has 1 saturated heterocycles. The third-order valence-corrected chi connectivity index (χ3v) is 7.20. The highest BCUT2D eigenvalue weighted by Gasteiger charge is 2.32. The molecular formula is C28H33N3O. The van der Waals surface area contributed by atoms with E-state index in [0.29, 0.717) is 12.5 Å². The zero-order valence-corrected chi connectivity index (χ0v) is 19.0. The first kappa shape index (κ1) is 21.0. The molecule has 0 bridgehead atoms. The lowest BCUT2D eigenvalue weighted by Gasteiger charge is -2.39. The molecule has 2 aliphatic heterocycles. The van der Waals surface area contributed by atoms with Gasteiger partial charge in [0.05, 0.1) is 12.6 Å². The van der Waals surface area contributed by atoms with Crippen LogP contribution < -0.4 is 0 Å². The zero-order chi connectivity index (χ0) is 21.9. The van der Waals surface area contributed by atoms with Gasteiger partial charge in [0.2, 0.25) is 5.91 Å². The molecule has 1 fully saturated rings. The van der Waals surface area contributed by atoms with Gasteiger partial charge in [-0.25, -0.2) is 0 Å². The van der Waals surface area contributed by atoms with Gasteiger partial charge in [-0.3, -0.25) is 9.69 Å². The van der Waals surface area contributed by atoms with Crippen LogP contribution in [0.25, 0.3) is 0 Å². The van der Waals surface area contributed by atoms with E-state index in [2.05, 4.69) is 94.2 Å². The molecule has 3 aromatic rings. The van der Waals surface area contributed by atoms with Crippen LogP contribution in [0.5, 0.6) is 0 Å². The van der Waals surface area contributed by atoms with Crippen LogP contribution in [-0.2, 0) is 17.8 Å². The van der Waals surface area contributed by atoms with Crippen molar-refractivity contribution in [2.45, 2.75) is 38.8 Å². The van der Waals surface area contributed by atoms with Crippen molar-refractivity contribution in [3.8, 4) is 0 Å². The van der Waals surface area contributed by atoms with Crippen molar-refractivity contribution in [2.24, 2.45) is 5.92 Å². The second-order valence-electron chi connectivity index (χ2n) is 9.42. The standard InChI is InChI=1S/C28H33N3O/c1-22-9-11-25(12-10-22)28-26-8-5-15-29(26)18-19-31(28)21-27(32)30-16-13-24(14-17-30)20-23-6-3-2-4-7-23/h2-12,15,24,28H,13-14,16-21H2,1H3. The first-order chi connectivity index (χ1) is 15.7. The number of carbonyl (C=O) groups is 1. The molecular weight excluding hydrogens is 394 g/mol.